The zero-order chi connectivity index (χ0) is 10.9. The summed E-state index contributed by atoms with van der Waals surface area (Å²) >= 11 is 0. The van der Waals surface area contributed by atoms with Gasteiger partial charge in [0.2, 0.25) is 0 Å². The second-order valence-electron chi connectivity index (χ2n) is 4.39. The zero-order valence-corrected chi connectivity index (χ0v) is 9.46. The third kappa shape index (κ3) is 2.06. The highest BCUT2D eigenvalue weighted by atomic mass is 16.1. The number of aromatic nitrogens is 2. The lowest BCUT2D eigenvalue weighted by Gasteiger charge is -2.22. The second-order valence-corrected chi connectivity index (χ2v) is 4.39. The van der Waals surface area contributed by atoms with Crippen LogP contribution in [-0.2, 0) is 5.54 Å². The molecule has 0 bridgehead atoms. The lowest BCUT2D eigenvalue weighted by Crippen LogP contribution is -2.39. The first-order valence-electron chi connectivity index (χ1n) is 4.76. The Morgan fingerprint density at radius 3 is 2.43 bits per heavy atom. The maximum absolute atomic E-state index is 11.6. The van der Waals surface area contributed by atoms with Gasteiger partial charge in [0.1, 0.15) is 0 Å². The molecular weight excluding hydrogens is 175 g/mol. The molecule has 0 unspecified atom stereocenters. The molecule has 0 N–H and O–H groups in total. The Balaban J connectivity index is 3.40. The molecule has 1 heterocycles. The molecule has 0 amide bonds. The maximum Gasteiger partial charge on any atom is 0.348 e. The minimum Gasteiger partial charge on any atom is -0.294 e. The van der Waals surface area contributed by atoms with Crippen LogP contribution in [0.25, 0.3) is 0 Å². The molecule has 0 aliphatic carbocycles. The van der Waals surface area contributed by atoms with Gasteiger partial charge in [-0.25, -0.2) is 4.79 Å². The van der Waals surface area contributed by atoms with E-state index in [1.165, 1.54) is 0 Å². The predicted molar refractivity (Wildman–Crippen MR) is 59.5 cm³/mol. The largest absolute Gasteiger partial charge is 0.348 e. The van der Waals surface area contributed by atoms with Crippen LogP contribution in [0.2, 0.25) is 6.82 Å². The normalized spacial score (nSPS) is 11.5. The SMILES string of the molecule is C[B]c1cn(C(C)(C)C)c(=O)nc1C. The van der Waals surface area contributed by atoms with Gasteiger partial charge in [0.15, 0.2) is 7.28 Å². The third-order valence-electron chi connectivity index (χ3n) is 2.19. The number of nitrogens with zero attached hydrogens (tertiary/aromatic N) is 2. The summed E-state index contributed by atoms with van der Waals surface area (Å²) in [5, 5.41) is 0. The molecule has 75 valence electrons. The van der Waals surface area contributed by atoms with Crippen LogP contribution in [0, 0.1) is 6.92 Å². The van der Waals surface area contributed by atoms with Crippen molar-refractivity contribution in [3.8, 4) is 0 Å². The fourth-order valence-electron chi connectivity index (χ4n) is 1.31. The molecule has 0 spiro atoms. The molecule has 1 rings (SSSR count). The molecular formula is C10H16BN2O. The van der Waals surface area contributed by atoms with Crippen molar-refractivity contribution in [1.29, 1.82) is 0 Å². The highest BCUT2D eigenvalue weighted by Gasteiger charge is 2.16. The van der Waals surface area contributed by atoms with Crippen molar-refractivity contribution < 1.29 is 0 Å². The van der Waals surface area contributed by atoms with Gasteiger partial charge < -0.3 is 0 Å². The van der Waals surface area contributed by atoms with Crippen molar-refractivity contribution >= 4 is 12.7 Å². The van der Waals surface area contributed by atoms with Gasteiger partial charge in [-0.2, -0.15) is 4.98 Å². The van der Waals surface area contributed by atoms with Crippen LogP contribution in [-0.4, -0.2) is 16.8 Å². The molecule has 0 saturated carbocycles. The number of hydrogen-bond donors (Lipinski definition) is 0. The van der Waals surface area contributed by atoms with Gasteiger partial charge >= 0.3 is 5.69 Å². The molecule has 0 aromatic carbocycles. The van der Waals surface area contributed by atoms with Gasteiger partial charge in [0, 0.05) is 17.4 Å². The highest BCUT2D eigenvalue weighted by Crippen LogP contribution is 2.08. The van der Waals surface area contributed by atoms with E-state index >= 15 is 0 Å². The van der Waals surface area contributed by atoms with Gasteiger partial charge in [-0.1, -0.05) is 12.3 Å². The van der Waals surface area contributed by atoms with Crippen LogP contribution in [0.5, 0.6) is 0 Å². The first-order chi connectivity index (χ1) is 6.36. The number of aryl methyl sites for hydroxylation is 1. The molecule has 0 fully saturated rings. The fraction of sp³-hybridized carbons (Fsp3) is 0.600. The summed E-state index contributed by atoms with van der Waals surface area (Å²) in [4.78, 5) is 15.6. The first-order valence-corrected chi connectivity index (χ1v) is 4.76. The summed E-state index contributed by atoms with van der Waals surface area (Å²) in [7, 11) is 1.96. The third-order valence-corrected chi connectivity index (χ3v) is 2.19. The van der Waals surface area contributed by atoms with E-state index in [1.807, 2.05) is 48.0 Å². The van der Waals surface area contributed by atoms with Crippen LogP contribution >= 0.6 is 0 Å². The van der Waals surface area contributed by atoms with Crippen LogP contribution in [0.3, 0.4) is 0 Å². The van der Waals surface area contributed by atoms with E-state index in [9.17, 15) is 4.79 Å². The summed E-state index contributed by atoms with van der Waals surface area (Å²) in [5.74, 6) is 0. The summed E-state index contributed by atoms with van der Waals surface area (Å²) in [6.07, 6.45) is 1.87. The van der Waals surface area contributed by atoms with E-state index in [0.717, 1.165) is 11.2 Å². The van der Waals surface area contributed by atoms with Crippen LogP contribution < -0.4 is 11.2 Å². The molecule has 14 heavy (non-hydrogen) atoms. The summed E-state index contributed by atoms with van der Waals surface area (Å²) in [6, 6.07) is 0. The van der Waals surface area contributed by atoms with Crippen LogP contribution in [0.4, 0.5) is 0 Å². The fourth-order valence-corrected chi connectivity index (χ4v) is 1.31. The number of hydrogen-bond acceptors (Lipinski definition) is 2. The van der Waals surface area contributed by atoms with Crippen molar-refractivity contribution in [2.24, 2.45) is 0 Å². The minimum atomic E-state index is -0.213. The van der Waals surface area contributed by atoms with Crippen LogP contribution in [0.1, 0.15) is 26.5 Å². The zero-order valence-electron chi connectivity index (χ0n) is 9.46. The minimum absolute atomic E-state index is 0.180. The van der Waals surface area contributed by atoms with Crippen molar-refractivity contribution in [3.05, 3.63) is 22.4 Å². The Hall–Kier alpha value is -1.06. The van der Waals surface area contributed by atoms with E-state index < -0.39 is 0 Å². The average Bonchev–Trinajstić information content (AvgIpc) is 2.02. The monoisotopic (exact) mass is 191 g/mol. The predicted octanol–water partition coefficient (Wildman–Crippen LogP) is 0.684. The van der Waals surface area contributed by atoms with Crippen molar-refractivity contribution in [2.45, 2.75) is 40.1 Å². The average molecular weight is 191 g/mol. The second kappa shape index (κ2) is 3.60. The first kappa shape index (κ1) is 11.0. The maximum atomic E-state index is 11.6. The Bertz CT molecular complexity index is 390. The smallest absolute Gasteiger partial charge is 0.294 e. The lowest BCUT2D eigenvalue weighted by atomic mass is 9.73. The Morgan fingerprint density at radius 2 is 2.00 bits per heavy atom. The van der Waals surface area contributed by atoms with E-state index in [-0.39, 0.29) is 11.2 Å². The van der Waals surface area contributed by atoms with Crippen molar-refractivity contribution in [3.63, 3.8) is 0 Å². The van der Waals surface area contributed by atoms with Crippen molar-refractivity contribution in [1.82, 2.24) is 9.55 Å². The molecule has 1 aromatic heterocycles. The van der Waals surface area contributed by atoms with Gasteiger partial charge in [-0.3, -0.25) is 4.57 Å². The highest BCUT2D eigenvalue weighted by molar-refractivity contribution is 6.52. The molecule has 0 atom stereocenters. The Labute approximate surface area is 85.4 Å². The molecule has 3 nitrogen and oxygen atoms in total. The van der Waals surface area contributed by atoms with Gasteiger partial charge in [-0.15, -0.1) is 0 Å². The summed E-state index contributed by atoms with van der Waals surface area (Å²) in [6.45, 7) is 9.77. The summed E-state index contributed by atoms with van der Waals surface area (Å²) < 4.78 is 1.66. The Kier molecular flexibility index (Phi) is 2.83. The molecule has 0 saturated heterocycles. The van der Waals surface area contributed by atoms with Gasteiger partial charge in [0.05, 0.1) is 0 Å². The van der Waals surface area contributed by atoms with Gasteiger partial charge in [0.25, 0.3) is 0 Å². The lowest BCUT2D eigenvalue weighted by molar-refractivity contribution is 0.378. The quantitative estimate of drug-likeness (QED) is 0.612. The van der Waals surface area contributed by atoms with Gasteiger partial charge in [-0.05, 0) is 27.7 Å². The summed E-state index contributed by atoms with van der Waals surface area (Å²) in [5.41, 5.74) is 1.41. The van der Waals surface area contributed by atoms with Crippen molar-refractivity contribution in [2.75, 3.05) is 0 Å². The van der Waals surface area contributed by atoms with E-state index in [0.29, 0.717) is 0 Å². The molecule has 0 aliphatic heterocycles. The van der Waals surface area contributed by atoms with E-state index in [4.69, 9.17) is 0 Å². The Morgan fingerprint density at radius 1 is 1.43 bits per heavy atom. The molecule has 1 aromatic rings. The van der Waals surface area contributed by atoms with Crippen LogP contribution in [0.15, 0.2) is 11.0 Å². The van der Waals surface area contributed by atoms with E-state index in [1.54, 1.807) is 4.57 Å². The van der Waals surface area contributed by atoms with E-state index in [2.05, 4.69) is 4.98 Å². The molecule has 1 radical (unpaired) electrons. The molecule has 4 heteroatoms. The number of rotatable bonds is 1. The standard InChI is InChI=1S/C10H16BN2O/c1-7-8(11-5)6-13(9(14)12-7)10(2,3)4/h6H,1-5H3. The topological polar surface area (TPSA) is 34.9 Å². The molecule has 0 aliphatic rings.